The summed E-state index contributed by atoms with van der Waals surface area (Å²) in [4.78, 5) is 2.47. The third kappa shape index (κ3) is 2.25. The van der Waals surface area contributed by atoms with Gasteiger partial charge in [0, 0.05) is 25.6 Å². The molecular formula is C15H21NO2. The molecule has 1 aliphatic heterocycles. The summed E-state index contributed by atoms with van der Waals surface area (Å²) in [6.07, 6.45) is 2.15. The van der Waals surface area contributed by atoms with Crippen molar-refractivity contribution in [1.29, 1.82) is 0 Å². The Morgan fingerprint density at radius 2 is 2.00 bits per heavy atom. The summed E-state index contributed by atoms with van der Waals surface area (Å²) in [6.45, 7) is 3.19. The van der Waals surface area contributed by atoms with Gasteiger partial charge in [0.2, 0.25) is 0 Å². The normalized spacial score (nSPS) is 31.6. The summed E-state index contributed by atoms with van der Waals surface area (Å²) in [6, 6.07) is 8.29. The maximum atomic E-state index is 9.91. The fourth-order valence-corrected chi connectivity index (χ4v) is 3.45. The highest BCUT2D eigenvalue weighted by Gasteiger charge is 2.41. The fourth-order valence-electron chi connectivity index (χ4n) is 3.45. The number of ether oxygens (including phenoxy) is 1. The zero-order valence-electron chi connectivity index (χ0n) is 10.9. The van der Waals surface area contributed by atoms with E-state index in [1.165, 1.54) is 12.0 Å². The zero-order valence-corrected chi connectivity index (χ0v) is 10.9. The van der Waals surface area contributed by atoms with Crippen molar-refractivity contribution in [3.05, 3.63) is 29.8 Å². The van der Waals surface area contributed by atoms with E-state index in [2.05, 4.69) is 17.0 Å². The summed E-state index contributed by atoms with van der Waals surface area (Å²) in [7, 11) is 1.69. The Kier molecular flexibility index (Phi) is 3.27. The highest BCUT2D eigenvalue weighted by molar-refractivity contribution is 5.27. The number of nitrogens with zero attached hydrogens (tertiary/aromatic N) is 1. The van der Waals surface area contributed by atoms with Gasteiger partial charge in [-0.05, 0) is 36.5 Å². The smallest absolute Gasteiger partial charge is 0.118 e. The van der Waals surface area contributed by atoms with Crippen molar-refractivity contribution in [2.24, 2.45) is 11.8 Å². The summed E-state index contributed by atoms with van der Waals surface area (Å²) in [5, 5.41) is 9.91. The molecule has 18 heavy (non-hydrogen) atoms. The van der Waals surface area contributed by atoms with Crippen LogP contribution in [0.15, 0.2) is 24.3 Å². The Morgan fingerprint density at radius 3 is 2.67 bits per heavy atom. The van der Waals surface area contributed by atoms with Gasteiger partial charge < -0.3 is 9.84 Å². The van der Waals surface area contributed by atoms with E-state index < -0.39 is 0 Å². The average molecular weight is 247 g/mol. The van der Waals surface area contributed by atoms with Gasteiger partial charge >= 0.3 is 0 Å². The second-order valence-corrected chi connectivity index (χ2v) is 5.61. The van der Waals surface area contributed by atoms with Crippen molar-refractivity contribution in [3.8, 4) is 5.75 Å². The minimum Gasteiger partial charge on any atom is -0.497 e. The number of aliphatic hydroxyl groups is 1. The van der Waals surface area contributed by atoms with E-state index in [-0.39, 0.29) is 6.10 Å². The third-order valence-electron chi connectivity index (χ3n) is 4.46. The van der Waals surface area contributed by atoms with E-state index in [0.29, 0.717) is 5.92 Å². The second kappa shape index (κ2) is 4.90. The number of fused-ring (bicyclic) bond motifs is 1. The van der Waals surface area contributed by atoms with Gasteiger partial charge in [-0.15, -0.1) is 0 Å². The predicted octanol–water partition coefficient (Wildman–Crippen LogP) is 1.90. The van der Waals surface area contributed by atoms with Crippen molar-refractivity contribution in [3.63, 3.8) is 0 Å². The molecule has 2 fully saturated rings. The molecule has 1 saturated carbocycles. The summed E-state index contributed by atoms with van der Waals surface area (Å²) in [5.41, 5.74) is 1.32. The molecule has 0 spiro atoms. The van der Waals surface area contributed by atoms with E-state index in [0.717, 1.165) is 37.7 Å². The number of aliphatic hydroxyl groups excluding tert-OH is 1. The van der Waals surface area contributed by atoms with Crippen LogP contribution in [0.1, 0.15) is 18.4 Å². The van der Waals surface area contributed by atoms with Crippen molar-refractivity contribution >= 4 is 0 Å². The number of methoxy groups -OCH3 is 1. The lowest BCUT2D eigenvalue weighted by atomic mass is 10.00. The lowest BCUT2D eigenvalue weighted by Gasteiger charge is -2.18. The number of benzene rings is 1. The van der Waals surface area contributed by atoms with E-state index in [9.17, 15) is 5.11 Å². The van der Waals surface area contributed by atoms with Gasteiger partial charge in [0.1, 0.15) is 5.75 Å². The summed E-state index contributed by atoms with van der Waals surface area (Å²) < 4.78 is 5.17. The molecule has 3 atom stereocenters. The molecule has 1 heterocycles. The zero-order chi connectivity index (χ0) is 12.5. The maximum Gasteiger partial charge on any atom is 0.118 e. The lowest BCUT2D eigenvalue weighted by molar-refractivity contribution is 0.123. The highest BCUT2D eigenvalue weighted by Crippen LogP contribution is 2.38. The molecule has 0 aromatic heterocycles. The van der Waals surface area contributed by atoms with Crippen LogP contribution in [0.25, 0.3) is 0 Å². The van der Waals surface area contributed by atoms with Crippen LogP contribution in [-0.2, 0) is 6.54 Å². The Labute approximate surface area is 108 Å². The monoisotopic (exact) mass is 247 g/mol. The van der Waals surface area contributed by atoms with Gasteiger partial charge in [0.05, 0.1) is 13.2 Å². The van der Waals surface area contributed by atoms with E-state index in [4.69, 9.17) is 4.74 Å². The SMILES string of the molecule is COc1ccc(CN2CC3CCC(O)C3C2)cc1. The predicted molar refractivity (Wildman–Crippen MR) is 70.5 cm³/mol. The first-order valence-electron chi connectivity index (χ1n) is 6.79. The third-order valence-corrected chi connectivity index (χ3v) is 4.46. The Morgan fingerprint density at radius 1 is 1.22 bits per heavy atom. The molecule has 1 aliphatic carbocycles. The average Bonchev–Trinajstić information content (AvgIpc) is 2.93. The largest absolute Gasteiger partial charge is 0.497 e. The first kappa shape index (κ1) is 12.0. The van der Waals surface area contributed by atoms with Crippen LogP contribution in [0.4, 0.5) is 0 Å². The van der Waals surface area contributed by atoms with Crippen molar-refractivity contribution in [2.45, 2.75) is 25.5 Å². The number of hydrogen-bond donors (Lipinski definition) is 1. The van der Waals surface area contributed by atoms with Crippen LogP contribution in [-0.4, -0.2) is 36.3 Å². The molecule has 3 rings (SSSR count). The summed E-state index contributed by atoms with van der Waals surface area (Å²) >= 11 is 0. The molecule has 0 amide bonds. The molecule has 1 aromatic carbocycles. The van der Waals surface area contributed by atoms with Gasteiger partial charge in [-0.1, -0.05) is 12.1 Å². The van der Waals surface area contributed by atoms with Crippen LogP contribution in [0.3, 0.4) is 0 Å². The molecular weight excluding hydrogens is 226 g/mol. The van der Waals surface area contributed by atoms with Crippen molar-refractivity contribution in [1.82, 2.24) is 4.90 Å². The molecule has 1 aromatic rings. The first-order chi connectivity index (χ1) is 8.76. The Bertz CT molecular complexity index is 403. The van der Waals surface area contributed by atoms with Gasteiger partial charge in [0.15, 0.2) is 0 Å². The van der Waals surface area contributed by atoms with E-state index in [1.807, 2.05) is 12.1 Å². The Balaban J connectivity index is 1.60. The molecule has 98 valence electrons. The standard InChI is InChI=1S/C15H21NO2/c1-18-13-5-2-11(3-6-13)8-16-9-12-4-7-15(17)14(12)10-16/h2-3,5-6,12,14-15,17H,4,7-10H2,1H3. The van der Waals surface area contributed by atoms with Gasteiger partial charge in [0.25, 0.3) is 0 Å². The maximum absolute atomic E-state index is 9.91. The topological polar surface area (TPSA) is 32.7 Å². The molecule has 0 radical (unpaired) electrons. The first-order valence-corrected chi connectivity index (χ1v) is 6.79. The number of rotatable bonds is 3. The fraction of sp³-hybridized carbons (Fsp3) is 0.600. The van der Waals surface area contributed by atoms with Crippen LogP contribution >= 0.6 is 0 Å². The van der Waals surface area contributed by atoms with Crippen molar-refractivity contribution < 1.29 is 9.84 Å². The molecule has 1 N–H and O–H groups in total. The number of likely N-dealkylation sites (tertiary alicyclic amines) is 1. The van der Waals surface area contributed by atoms with Crippen LogP contribution in [0.5, 0.6) is 5.75 Å². The van der Waals surface area contributed by atoms with Crippen molar-refractivity contribution in [2.75, 3.05) is 20.2 Å². The van der Waals surface area contributed by atoms with E-state index >= 15 is 0 Å². The minimum atomic E-state index is -0.0594. The molecule has 2 aliphatic rings. The second-order valence-electron chi connectivity index (χ2n) is 5.61. The van der Waals surface area contributed by atoms with Crippen LogP contribution in [0, 0.1) is 11.8 Å². The molecule has 3 unspecified atom stereocenters. The molecule has 0 bridgehead atoms. The molecule has 1 saturated heterocycles. The summed E-state index contributed by atoms with van der Waals surface area (Å²) in [5.74, 6) is 2.15. The van der Waals surface area contributed by atoms with Gasteiger partial charge in [-0.25, -0.2) is 0 Å². The van der Waals surface area contributed by atoms with Crippen LogP contribution < -0.4 is 4.74 Å². The van der Waals surface area contributed by atoms with Crippen LogP contribution in [0.2, 0.25) is 0 Å². The minimum absolute atomic E-state index is 0.0594. The highest BCUT2D eigenvalue weighted by atomic mass is 16.5. The Hall–Kier alpha value is -1.06. The molecule has 3 nitrogen and oxygen atoms in total. The quantitative estimate of drug-likeness (QED) is 0.885. The van der Waals surface area contributed by atoms with Gasteiger partial charge in [-0.2, -0.15) is 0 Å². The molecule has 3 heteroatoms. The van der Waals surface area contributed by atoms with E-state index in [1.54, 1.807) is 7.11 Å². The lowest BCUT2D eigenvalue weighted by Crippen LogP contribution is -2.24. The van der Waals surface area contributed by atoms with Gasteiger partial charge in [-0.3, -0.25) is 4.90 Å². The number of hydrogen-bond acceptors (Lipinski definition) is 3.